The molecule has 0 bridgehead atoms. The average Bonchev–Trinajstić information content (AvgIpc) is 2.92. The first kappa shape index (κ1) is 20.1. The molecule has 0 aliphatic heterocycles. The van der Waals surface area contributed by atoms with Gasteiger partial charge < -0.3 is 9.76 Å². The predicted molar refractivity (Wildman–Crippen MR) is 117 cm³/mol. The van der Waals surface area contributed by atoms with Crippen LogP contribution < -0.4 is 5.46 Å². The zero-order valence-corrected chi connectivity index (χ0v) is 17.8. The standard InChI is InChI=1S/C22H22BClFN2O2/c1-12-26-17-11-14(24)7-8-15(17)20-19(25)16-10-13(6-9-18(16)27(12)20)23-29-22(4,5)21(2,3)28/h6-11,28H,1-5H3. The summed E-state index contributed by atoms with van der Waals surface area (Å²) in [5.41, 5.74) is 0.746. The quantitative estimate of drug-likeness (QED) is 0.501. The lowest BCUT2D eigenvalue weighted by Crippen LogP contribution is -2.49. The number of hydrogen-bond donors (Lipinski definition) is 1. The summed E-state index contributed by atoms with van der Waals surface area (Å²) in [6.07, 6.45) is 0. The molecule has 0 unspecified atom stereocenters. The minimum absolute atomic E-state index is 0.310. The van der Waals surface area contributed by atoms with Crippen molar-refractivity contribution in [1.29, 1.82) is 0 Å². The Bertz CT molecular complexity index is 1260. The summed E-state index contributed by atoms with van der Waals surface area (Å²) >= 11 is 6.09. The second-order valence-corrected chi connectivity index (χ2v) is 8.84. The fraction of sp³-hybridized carbons (Fsp3) is 0.318. The van der Waals surface area contributed by atoms with Crippen LogP contribution in [0.4, 0.5) is 4.39 Å². The van der Waals surface area contributed by atoms with Gasteiger partial charge in [0.05, 0.1) is 27.8 Å². The summed E-state index contributed by atoms with van der Waals surface area (Å²) in [4.78, 5) is 4.60. The van der Waals surface area contributed by atoms with E-state index in [9.17, 15) is 5.11 Å². The third-order valence-corrected chi connectivity index (χ3v) is 5.95. The van der Waals surface area contributed by atoms with Crippen molar-refractivity contribution in [2.45, 2.75) is 45.8 Å². The summed E-state index contributed by atoms with van der Waals surface area (Å²) in [6.45, 7) is 8.85. The monoisotopic (exact) mass is 411 g/mol. The second-order valence-electron chi connectivity index (χ2n) is 8.40. The number of benzene rings is 2. The highest BCUT2D eigenvalue weighted by Gasteiger charge is 2.35. The lowest BCUT2D eigenvalue weighted by molar-refractivity contribution is -0.0893. The maximum atomic E-state index is 15.5. The van der Waals surface area contributed by atoms with Gasteiger partial charge in [-0.2, -0.15) is 0 Å². The Morgan fingerprint density at radius 2 is 1.83 bits per heavy atom. The molecule has 2 aromatic heterocycles. The highest BCUT2D eigenvalue weighted by Crippen LogP contribution is 2.32. The molecule has 4 nitrogen and oxygen atoms in total. The van der Waals surface area contributed by atoms with E-state index in [0.717, 1.165) is 5.52 Å². The molecule has 149 valence electrons. The molecule has 0 amide bonds. The van der Waals surface area contributed by atoms with Crippen LogP contribution in [0.15, 0.2) is 36.4 Å². The molecule has 4 rings (SSSR count). The van der Waals surface area contributed by atoms with Gasteiger partial charge in [-0.05, 0) is 58.9 Å². The fourth-order valence-electron chi connectivity index (χ4n) is 3.30. The van der Waals surface area contributed by atoms with Gasteiger partial charge in [-0.15, -0.1) is 0 Å². The maximum absolute atomic E-state index is 15.5. The molecule has 7 heteroatoms. The van der Waals surface area contributed by atoms with E-state index in [1.54, 1.807) is 45.6 Å². The third-order valence-electron chi connectivity index (χ3n) is 5.71. The van der Waals surface area contributed by atoms with Crippen molar-refractivity contribution in [1.82, 2.24) is 9.38 Å². The highest BCUT2D eigenvalue weighted by atomic mass is 35.5. The molecule has 0 saturated heterocycles. The summed E-state index contributed by atoms with van der Waals surface area (Å²) in [6, 6.07) is 10.7. The van der Waals surface area contributed by atoms with Crippen LogP contribution in [0, 0.1) is 12.7 Å². The SMILES string of the molecule is Cc1nc2cc(Cl)ccc2c2c(F)c3cc([B]OC(C)(C)C(C)(C)O)ccc3n12. The highest BCUT2D eigenvalue weighted by molar-refractivity contribution is 6.47. The van der Waals surface area contributed by atoms with Crippen molar-refractivity contribution in [3.05, 3.63) is 53.1 Å². The number of hydrogen-bond acceptors (Lipinski definition) is 3. The minimum Gasteiger partial charge on any atom is -0.427 e. The number of nitrogens with zero attached hydrogens (tertiary/aromatic N) is 2. The van der Waals surface area contributed by atoms with Crippen LogP contribution in [0.5, 0.6) is 0 Å². The zero-order valence-electron chi connectivity index (χ0n) is 17.0. The van der Waals surface area contributed by atoms with Gasteiger partial charge in [-0.1, -0.05) is 29.2 Å². The van der Waals surface area contributed by atoms with Crippen LogP contribution in [0.3, 0.4) is 0 Å². The van der Waals surface area contributed by atoms with E-state index in [4.69, 9.17) is 16.3 Å². The summed E-state index contributed by atoms with van der Waals surface area (Å²) in [5.74, 6) is 0.370. The maximum Gasteiger partial charge on any atom is 0.330 e. The number of fused-ring (bicyclic) bond motifs is 5. The van der Waals surface area contributed by atoms with Crippen LogP contribution in [0.1, 0.15) is 33.5 Å². The summed E-state index contributed by atoms with van der Waals surface area (Å²) in [5, 5.41) is 12.0. The van der Waals surface area contributed by atoms with Crippen LogP contribution in [-0.4, -0.2) is 33.2 Å². The molecule has 0 aliphatic carbocycles. The molecule has 0 aliphatic rings. The first-order valence-electron chi connectivity index (χ1n) is 9.42. The molecule has 1 radical (unpaired) electrons. The van der Waals surface area contributed by atoms with Gasteiger partial charge in [0.15, 0.2) is 5.82 Å². The Morgan fingerprint density at radius 3 is 2.52 bits per heavy atom. The van der Waals surface area contributed by atoms with Crippen LogP contribution in [0.25, 0.3) is 27.3 Å². The fourth-order valence-corrected chi connectivity index (χ4v) is 3.47. The molecule has 2 aromatic carbocycles. The summed E-state index contributed by atoms with van der Waals surface area (Å²) in [7, 11) is 1.56. The van der Waals surface area contributed by atoms with Crippen molar-refractivity contribution < 1.29 is 14.2 Å². The van der Waals surface area contributed by atoms with E-state index in [0.29, 0.717) is 38.1 Å². The molecule has 0 fully saturated rings. The van der Waals surface area contributed by atoms with E-state index < -0.39 is 11.2 Å². The van der Waals surface area contributed by atoms with Crippen molar-refractivity contribution in [2.75, 3.05) is 0 Å². The van der Waals surface area contributed by atoms with Crippen LogP contribution in [-0.2, 0) is 4.65 Å². The predicted octanol–water partition coefficient (Wildman–Crippen LogP) is 4.55. The molecule has 2 heterocycles. The minimum atomic E-state index is -1.04. The van der Waals surface area contributed by atoms with Crippen LogP contribution in [0.2, 0.25) is 5.02 Å². The van der Waals surface area contributed by atoms with Crippen molar-refractivity contribution in [3.63, 3.8) is 0 Å². The lowest BCUT2D eigenvalue weighted by Gasteiger charge is -2.37. The van der Waals surface area contributed by atoms with Gasteiger partial charge in [0.1, 0.15) is 5.82 Å². The van der Waals surface area contributed by atoms with E-state index in [-0.39, 0.29) is 5.82 Å². The molecule has 0 atom stereocenters. The Kier molecular flexibility index (Phi) is 4.65. The lowest BCUT2D eigenvalue weighted by atomic mass is 9.82. The zero-order chi connectivity index (χ0) is 21.1. The number of rotatable bonds is 4. The molecule has 0 spiro atoms. The van der Waals surface area contributed by atoms with Crippen molar-refractivity contribution in [2.24, 2.45) is 0 Å². The normalized spacial score (nSPS) is 13.0. The Labute approximate surface area is 174 Å². The first-order chi connectivity index (χ1) is 13.5. The molecule has 4 aromatic rings. The number of halogens is 2. The average molecular weight is 412 g/mol. The molecular weight excluding hydrogens is 390 g/mol. The van der Waals surface area contributed by atoms with Gasteiger partial charge in [0.2, 0.25) is 0 Å². The van der Waals surface area contributed by atoms with Gasteiger partial charge in [-0.25, -0.2) is 9.37 Å². The molecule has 1 N–H and O–H groups in total. The first-order valence-corrected chi connectivity index (χ1v) is 9.80. The van der Waals surface area contributed by atoms with Gasteiger partial charge in [-0.3, -0.25) is 4.40 Å². The molecular formula is C22H22BClFN2O2. The van der Waals surface area contributed by atoms with Gasteiger partial charge in [0.25, 0.3) is 0 Å². The number of aliphatic hydroxyl groups is 1. The molecule has 0 saturated carbocycles. The Balaban J connectivity index is 1.86. The number of aryl methyl sites for hydroxylation is 1. The van der Waals surface area contributed by atoms with E-state index in [1.165, 1.54) is 0 Å². The number of aromatic nitrogens is 2. The topological polar surface area (TPSA) is 46.8 Å². The van der Waals surface area contributed by atoms with E-state index in [2.05, 4.69) is 4.98 Å². The second kappa shape index (κ2) is 6.69. The molecule has 29 heavy (non-hydrogen) atoms. The van der Waals surface area contributed by atoms with Crippen LogP contribution >= 0.6 is 11.6 Å². The van der Waals surface area contributed by atoms with Gasteiger partial charge in [0, 0.05) is 15.8 Å². The Morgan fingerprint density at radius 1 is 1.10 bits per heavy atom. The Hall–Kier alpha value is -2.15. The van der Waals surface area contributed by atoms with Crippen molar-refractivity contribution in [3.8, 4) is 0 Å². The largest absolute Gasteiger partial charge is 0.427 e. The van der Waals surface area contributed by atoms with Gasteiger partial charge >= 0.3 is 7.48 Å². The smallest absolute Gasteiger partial charge is 0.330 e. The third kappa shape index (κ3) is 3.29. The summed E-state index contributed by atoms with van der Waals surface area (Å²) < 4.78 is 23.1. The van der Waals surface area contributed by atoms with Crippen molar-refractivity contribution >= 4 is 51.9 Å². The van der Waals surface area contributed by atoms with E-state index >= 15 is 4.39 Å². The van der Waals surface area contributed by atoms with E-state index in [1.807, 2.05) is 37.3 Å².